The van der Waals surface area contributed by atoms with Gasteiger partial charge in [-0.25, -0.2) is 0 Å². The van der Waals surface area contributed by atoms with Crippen LogP contribution in [-0.4, -0.2) is 11.7 Å². The molecule has 1 aromatic rings. The van der Waals surface area contributed by atoms with Crippen molar-refractivity contribution in [3.05, 3.63) is 33.8 Å². The molecule has 0 aliphatic heterocycles. The Balaban J connectivity index is 3.07. The number of halogens is 2. The van der Waals surface area contributed by atoms with E-state index in [1.54, 1.807) is 24.3 Å². The van der Waals surface area contributed by atoms with Crippen molar-refractivity contribution < 1.29 is 5.11 Å². The first-order valence-electron chi connectivity index (χ1n) is 3.65. The minimum atomic E-state index is -0.202. The largest absolute Gasteiger partial charge is 0.399 e. The smallest absolute Gasteiger partial charge is 0.0788 e. The molecule has 0 heterocycles. The van der Waals surface area contributed by atoms with Crippen LogP contribution in [0.15, 0.2) is 23.2 Å². The standard InChI is InChI=1S/C9H9Cl2NO/c10-7(5-13)3-6-4-8(12)1-2-9(6)11/h1-4,13H,5,12H2. The van der Waals surface area contributed by atoms with Crippen molar-refractivity contribution in [3.8, 4) is 0 Å². The lowest BCUT2D eigenvalue weighted by atomic mass is 10.2. The van der Waals surface area contributed by atoms with Crippen LogP contribution in [0.5, 0.6) is 0 Å². The van der Waals surface area contributed by atoms with Crippen LogP contribution in [0.25, 0.3) is 6.08 Å². The van der Waals surface area contributed by atoms with Gasteiger partial charge in [0, 0.05) is 15.7 Å². The number of hydrogen-bond acceptors (Lipinski definition) is 2. The van der Waals surface area contributed by atoms with Crippen molar-refractivity contribution in [3.63, 3.8) is 0 Å². The second-order valence-electron chi connectivity index (χ2n) is 2.53. The molecule has 0 saturated heterocycles. The highest BCUT2D eigenvalue weighted by molar-refractivity contribution is 6.34. The second-order valence-corrected chi connectivity index (χ2v) is 3.42. The molecule has 4 heteroatoms. The third-order valence-corrected chi connectivity index (χ3v) is 2.06. The highest BCUT2D eigenvalue weighted by Crippen LogP contribution is 2.22. The van der Waals surface area contributed by atoms with E-state index >= 15 is 0 Å². The van der Waals surface area contributed by atoms with Gasteiger partial charge in [0.2, 0.25) is 0 Å². The zero-order valence-electron chi connectivity index (χ0n) is 6.80. The Labute approximate surface area is 86.6 Å². The fourth-order valence-corrected chi connectivity index (χ4v) is 1.18. The molecule has 0 spiro atoms. The minimum absolute atomic E-state index is 0.202. The zero-order valence-corrected chi connectivity index (χ0v) is 8.31. The molecule has 0 radical (unpaired) electrons. The normalized spacial score (nSPS) is 11.8. The van der Waals surface area contributed by atoms with E-state index < -0.39 is 0 Å². The molecule has 0 fully saturated rings. The number of benzene rings is 1. The van der Waals surface area contributed by atoms with Crippen molar-refractivity contribution in [2.75, 3.05) is 12.3 Å². The third-order valence-electron chi connectivity index (χ3n) is 1.48. The Morgan fingerprint density at radius 1 is 1.54 bits per heavy atom. The van der Waals surface area contributed by atoms with Crippen LogP contribution in [0.4, 0.5) is 5.69 Å². The first kappa shape index (κ1) is 10.4. The predicted molar refractivity (Wildman–Crippen MR) is 56.8 cm³/mol. The highest BCUT2D eigenvalue weighted by atomic mass is 35.5. The lowest BCUT2D eigenvalue weighted by molar-refractivity contribution is 0.339. The average Bonchev–Trinajstić information content (AvgIpc) is 2.11. The van der Waals surface area contributed by atoms with Crippen molar-refractivity contribution >= 4 is 35.0 Å². The monoisotopic (exact) mass is 217 g/mol. The van der Waals surface area contributed by atoms with E-state index in [4.69, 9.17) is 34.0 Å². The summed E-state index contributed by atoms with van der Waals surface area (Å²) >= 11 is 11.5. The molecule has 0 aliphatic rings. The Morgan fingerprint density at radius 3 is 2.85 bits per heavy atom. The quantitative estimate of drug-likeness (QED) is 0.749. The summed E-state index contributed by atoms with van der Waals surface area (Å²) in [6.45, 7) is -0.202. The van der Waals surface area contributed by atoms with Gasteiger partial charge in [-0.1, -0.05) is 23.2 Å². The summed E-state index contributed by atoms with van der Waals surface area (Å²) in [6.07, 6.45) is 1.58. The van der Waals surface area contributed by atoms with Crippen LogP contribution in [-0.2, 0) is 0 Å². The van der Waals surface area contributed by atoms with Crippen LogP contribution < -0.4 is 5.73 Å². The first-order chi connectivity index (χ1) is 6.13. The Bertz CT molecular complexity index is 336. The molecule has 3 N–H and O–H groups in total. The fourth-order valence-electron chi connectivity index (χ4n) is 0.887. The van der Waals surface area contributed by atoms with E-state index in [1.165, 1.54) is 0 Å². The summed E-state index contributed by atoms with van der Waals surface area (Å²) in [5.74, 6) is 0. The van der Waals surface area contributed by atoms with Crippen LogP contribution >= 0.6 is 23.2 Å². The minimum Gasteiger partial charge on any atom is -0.399 e. The van der Waals surface area contributed by atoms with Gasteiger partial charge in [-0.05, 0) is 29.8 Å². The number of nitrogens with two attached hydrogens (primary N) is 1. The molecule has 0 unspecified atom stereocenters. The number of aliphatic hydroxyl groups is 1. The van der Waals surface area contributed by atoms with E-state index in [0.717, 1.165) is 0 Å². The van der Waals surface area contributed by atoms with Crippen LogP contribution in [0.1, 0.15) is 5.56 Å². The van der Waals surface area contributed by atoms with Crippen molar-refractivity contribution in [2.45, 2.75) is 0 Å². The van der Waals surface area contributed by atoms with Crippen LogP contribution in [0.3, 0.4) is 0 Å². The summed E-state index contributed by atoms with van der Waals surface area (Å²) in [7, 11) is 0. The molecular formula is C9H9Cl2NO. The van der Waals surface area contributed by atoms with Crippen LogP contribution in [0.2, 0.25) is 5.02 Å². The van der Waals surface area contributed by atoms with Gasteiger partial charge in [-0.2, -0.15) is 0 Å². The molecule has 70 valence electrons. The van der Waals surface area contributed by atoms with Crippen molar-refractivity contribution in [2.24, 2.45) is 0 Å². The number of hydrogen-bond donors (Lipinski definition) is 2. The maximum Gasteiger partial charge on any atom is 0.0788 e. The number of nitrogen functional groups attached to an aromatic ring is 1. The SMILES string of the molecule is Nc1ccc(Cl)c(C=C(Cl)CO)c1. The molecule has 1 aromatic carbocycles. The maximum atomic E-state index is 8.68. The Hall–Kier alpha value is -0.700. The van der Waals surface area contributed by atoms with Crippen LogP contribution in [0, 0.1) is 0 Å². The van der Waals surface area contributed by atoms with Gasteiger partial charge >= 0.3 is 0 Å². The second kappa shape index (κ2) is 4.51. The first-order valence-corrected chi connectivity index (χ1v) is 4.41. The summed E-state index contributed by atoms with van der Waals surface area (Å²) in [5.41, 5.74) is 6.87. The number of aliphatic hydroxyl groups excluding tert-OH is 1. The summed E-state index contributed by atoms with van der Waals surface area (Å²) < 4.78 is 0. The third kappa shape index (κ3) is 2.92. The van der Waals surface area contributed by atoms with E-state index in [9.17, 15) is 0 Å². The average molecular weight is 218 g/mol. The predicted octanol–water partition coefficient (Wildman–Crippen LogP) is 2.49. The molecule has 2 nitrogen and oxygen atoms in total. The van der Waals surface area contributed by atoms with Crippen molar-refractivity contribution in [1.29, 1.82) is 0 Å². The van der Waals surface area contributed by atoms with E-state index in [2.05, 4.69) is 0 Å². The number of anilines is 1. The molecule has 13 heavy (non-hydrogen) atoms. The molecule has 0 aromatic heterocycles. The van der Waals surface area contributed by atoms with Gasteiger partial charge in [0.05, 0.1) is 6.61 Å². The van der Waals surface area contributed by atoms with Gasteiger partial charge in [0.1, 0.15) is 0 Å². The van der Waals surface area contributed by atoms with E-state index in [1.807, 2.05) is 0 Å². The maximum absolute atomic E-state index is 8.68. The lowest BCUT2D eigenvalue weighted by Crippen LogP contribution is -1.87. The van der Waals surface area contributed by atoms with Gasteiger partial charge < -0.3 is 10.8 Å². The van der Waals surface area contributed by atoms with Gasteiger partial charge in [-0.3, -0.25) is 0 Å². The molecule has 1 rings (SSSR count). The zero-order chi connectivity index (χ0) is 9.84. The van der Waals surface area contributed by atoms with E-state index in [0.29, 0.717) is 21.3 Å². The van der Waals surface area contributed by atoms with Gasteiger partial charge in [-0.15, -0.1) is 0 Å². The molecule has 0 saturated carbocycles. The Kier molecular flexibility index (Phi) is 3.60. The Morgan fingerprint density at radius 2 is 2.23 bits per heavy atom. The van der Waals surface area contributed by atoms with E-state index in [-0.39, 0.29) is 6.61 Å². The van der Waals surface area contributed by atoms with Crippen molar-refractivity contribution in [1.82, 2.24) is 0 Å². The highest BCUT2D eigenvalue weighted by Gasteiger charge is 1.98. The van der Waals surface area contributed by atoms with Gasteiger partial charge in [0.25, 0.3) is 0 Å². The molecule has 0 amide bonds. The number of rotatable bonds is 2. The fraction of sp³-hybridized carbons (Fsp3) is 0.111. The summed E-state index contributed by atoms with van der Waals surface area (Å²) in [5, 5.41) is 9.56. The molecule has 0 atom stereocenters. The van der Waals surface area contributed by atoms with Gasteiger partial charge in [0.15, 0.2) is 0 Å². The summed E-state index contributed by atoms with van der Waals surface area (Å²) in [6, 6.07) is 5.08. The summed E-state index contributed by atoms with van der Waals surface area (Å²) in [4.78, 5) is 0. The molecule has 0 aliphatic carbocycles. The molecular weight excluding hydrogens is 209 g/mol. The molecule has 0 bridgehead atoms. The lowest BCUT2D eigenvalue weighted by Gasteiger charge is -2.00. The topological polar surface area (TPSA) is 46.2 Å².